The Hall–Kier alpha value is -4.22. The number of nitrogens with zero attached hydrogens (tertiary/aromatic N) is 1. The van der Waals surface area contributed by atoms with Crippen molar-refractivity contribution in [1.29, 1.82) is 5.26 Å². The maximum Gasteiger partial charge on any atom is 0.254 e. The number of allylic oxidation sites excluding steroid dienone is 2. The van der Waals surface area contributed by atoms with E-state index in [0.717, 1.165) is 39.2 Å². The van der Waals surface area contributed by atoms with Gasteiger partial charge in [0.05, 0.1) is 40.2 Å². The number of hydrogen-bond donors (Lipinski definition) is 3. The lowest BCUT2D eigenvalue weighted by Gasteiger charge is -2.28. The average Bonchev–Trinajstić information content (AvgIpc) is 3.41. The van der Waals surface area contributed by atoms with E-state index in [1.54, 1.807) is 19.1 Å². The van der Waals surface area contributed by atoms with Gasteiger partial charge in [-0.1, -0.05) is 41.6 Å². The Morgan fingerprint density at radius 3 is 2.33 bits per heavy atom. The first-order chi connectivity index (χ1) is 18.6. The van der Waals surface area contributed by atoms with Crippen LogP contribution in [-0.4, -0.2) is 17.6 Å². The lowest BCUT2D eigenvalue weighted by Crippen LogP contribution is -2.31. The first kappa shape index (κ1) is 27.8. The van der Waals surface area contributed by atoms with Gasteiger partial charge in [0.1, 0.15) is 5.76 Å². The molecule has 2 heterocycles. The third-order valence-corrected chi connectivity index (χ3v) is 7.67. The number of benzene rings is 2. The van der Waals surface area contributed by atoms with E-state index in [9.17, 15) is 14.9 Å². The largest absolute Gasteiger partial charge is 0.468 e. The highest BCUT2D eigenvalue weighted by Crippen LogP contribution is 2.41. The highest BCUT2D eigenvalue weighted by atomic mass is 32.2. The fourth-order valence-electron chi connectivity index (χ4n) is 4.82. The highest BCUT2D eigenvalue weighted by molar-refractivity contribution is 8.03. The topological polar surface area (TPSA) is 107 Å². The molecule has 0 unspecified atom stereocenters. The second-order valence-corrected chi connectivity index (χ2v) is 10.8. The molecule has 7 nitrogen and oxygen atoms in total. The number of nitriles is 1. The summed E-state index contributed by atoms with van der Waals surface area (Å²) in [7, 11) is 0. The third kappa shape index (κ3) is 6.10. The van der Waals surface area contributed by atoms with Crippen molar-refractivity contribution in [2.45, 2.75) is 47.5 Å². The average molecular weight is 541 g/mol. The van der Waals surface area contributed by atoms with Crippen LogP contribution in [0.3, 0.4) is 0 Å². The number of amides is 2. The van der Waals surface area contributed by atoms with E-state index in [2.05, 4.69) is 22.0 Å². The van der Waals surface area contributed by atoms with Crippen molar-refractivity contribution in [3.8, 4) is 6.07 Å². The van der Waals surface area contributed by atoms with Crippen LogP contribution in [0.15, 0.2) is 75.0 Å². The molecule has 4 rings (SSSR count). The minimum Gasteiger partial charge on any atom is -0.468 e. The molecular weight excluding hydrogens is 508 g/mol. The predicted molar refractivity (Wildman–Crippen MR) is 156 cm³/mol. The molecule has 39 heavy (non-hydrogen) atoms. The van der Waals surface area contributed by atoms with Gasteiger partial charge < -0.3 is 20.4 Å². The van der Waals surface area contributed by atoms with Crippen molar-refractivity contribution in [1.82, 2.24) is 5.32 Å². The number of rotatable bonds is 7. The van der Waals surface area contributed by atoms with Crippen LogP contribution >= 0.6 is 11.8 Å². The van der Waals surface area contributed by atoms with E-state index in [1.807, 2.05) is 65.0 Å². The molecule has 0 saturated carbocycles. The quantitative estimate of drug-likeness (QED) is 0.315. The maximum absolute atomic E-state index is 13.7. The molecule has 2 amide bonds. The number of furan rings is 1. The summed E-state index contributed by atoms with van der Waals surface area (Å²) >= 11 is 1.22. The van der Waals surface area contributed by atoms with E-state index in [1.165, 1.54) is 18.0 Å². The van der Waals surface area contributed by atoms with Gasteiger partial charge in [-0.2, -0.15) is 5.26 Å². The summed E-state index contributed by atoms with van der Waals surface area (Å²) in [5, 5.41) is 20.0. The van der Waals surface area contributed by atoms with Gasteiger partial charge in [0.2, 0.25) is 5.91 Å². The first-order valence-electron chi connectivity index (χ1n) is 12.6. The van der Waals surface area contributed by atoms with Crippen LogP contribution in [0.5, 0.6) is 0 Å². The van der Waals surface area contributed by atoms with Crippen molar-refractivity contribution < 1.29 is 14.0 Å². The lowest BCUT2D eigenvalue weighted by molar-refractivity contribution is -0.114. The molecule has 0 radical (unpaired) electrons. The maximum atomic E-state index is 13.7. The number of dihydropyridines is 1. The van der Waals surface area contributed by atoms with Crippen molar-refractivity contribution in [2.24, 2.45) is 0 Å². The van der Waals surface area contributed by atoms with Crippen LogP contribution < -0.4 is 16.0 Å². The molecule has 3 aromatic rings. The molecule has 1 aromatic heterocycles. The van der Waals surface area contributed by atoms with Gasteiger partial charge >= 0.3 is 0 Å². The Balaban J connectivity index is 1.61. The zero-order valence-electron chi connectivity index (χ0n) is 23.0. The molecule has 0 saturated heterocycles. The van der Waals surface area contributed by atoms with Crippen molar-refractivity contribution >= 4 is 35.0 Å². The summed E-state index contributed by atoms with van der Waals surface area (Å²) in [6.45, 7) is 11.6. The minimum absolute atomic E-state index is 0.0857. The molecule has 0 spiro atoms. The first-order valence-corrected chi connectivity index (χ1v) is 13.6. The van der Waals surface area contributed by atoms with Crippen molar-refractivity contribution in [2.75, 3.05) is 16.4 Å². The zero-order valence-corrected chi connectivity index (χ0v) is 23.8. The Labute approximate surface area is 233 Å². The van der Waals surface area contributed by atoms with Gasteiger partial charge in [0, 0.05) is 17.1 Å². The summed E-state index contributed by atoms with van der Waals surface area (Å²) in [5.41, 5.74) is 7.87. The summed E-state index contributed by atoms with van der Waals surface area (Å²) < 4.78 is 5.71. The van der Waals surface area contributed by atoms with E-state index < -0.39 is 5.92 Å². The number of thioether (sulfide) groups is 1. The third-order valence-electron chi connectivity index (χ3n) is 6.65. The standard InChI is InChI=1S/C31H32N4O3S/c1-17-9-10-19(3)24(14-17)34-26(36)16-39-31-23(15-32)28(25-8-7-11-38-25)27(22(6)33-31)30(37)35-29-20(4)12-18(2)13-21(29)5/h7-14,28,33H,16H2,1-6H3,(H,34,36)(H,35,37)/t28-/m1/s1. The number of carbonyl (C=O) groups excluding carboxylic acids is 2. The Bertz CT molecular complexity index is 1520. The Morgan fingerprint density at radius 2 is 1.69 bits per heavy atom. The van der Waals surface area contributed by atoms with Crippen LogP contribution in [-0.2, 0) is 9.59 Å². The molecule has 3 N–H and O–H groups in total. The predicted octanol–water partition coefficient (Wildman–Crippen LogP) is 6.53. The van der Waals surface area contributed by atoms with Crippen molar-refractivity contribution in [3.05, 3.63) is 104 Å². The second-order valence-electron chi connectivity index (χ2n) is 9.85. The molecule has 1 atom stereocenters. The molecule has 1 aliphatic heterocycles. The molecule has 0 aliphatic carbocycles. The van der Waals surface area contributed by atoms with Gasteiger partial charge in [0.15, 0.2) is 0 Å². The summed E-state index contributed by atoms with van der Waals surface area (Å²) in [4.78, 5) is 26.5. The molecule has 1 aliphatic rings. The van der Waals surface area contributed by atoms with E-state index in [0.29, 0.717) is 27.6 Å². The smallest absolute Gasteiger partial charge is 0.254 e. The number of hydrogen-bond acceptors (Lipinski definition) is 6. The molecule has 8 heteroatoms. The molecule has 2 aromatic carbocycles. The van der Waals surface area contributed by atoms with Crippen molar-refractivity contribution in [3.63, 3.8) is 0 Å². The fraction of sp³-hybridized carbons (Fsp3) is 0.258. The van der Waals surface area contributed by atoms with Crippen LogP contribution in [0, 0.1) is 45.9 Å². The van der Waals surface area contributed by atoms with Gasteiger partial charge in [-0.25, -0.2) is 0 Å². The van der Waals surface area contributed by atoms with E-state index >= 15 is 0 Å². The second kappa shape index (κ2) is 11.7. The SMILES string of the molecule is CC1=C(C(=O)Nc2c(C)cc(C)cc2C)[C@@H](c2ccco2)C(C#N)=C(SCC(=O)Nc2cc(C)ccc2C)N1. The van der Waals surface area contributed by atoms with Crippen LogP contribution in [0.2, 0.25) is 0 Å². The van der Waals surface area contributed by atoms with Gasteiger partial charge in [-0.3, -0.25) is 9.59 Å². The Kier molecular flexibility index (Phi) is 8.32. The van der Waals surface area contributed by atoms with E-state index in [4.69, 9.17) is 4.42 Å². The van der Waals surface area contributed by atoms with Crippen LogP contribution in [0.1, 0.15) is 46.4 Å². The number of anilines is 2. The molecule has 0 bridgehead atoms. The molecule has 200 valence electrons. The number of aryl methyl sites for hydroxylation is 5. The van der Waals surface area contributed by atoms with Gasteiger partial charge in [-0.15, -0.1) is 0 Å². The normalized spacial score (nSPS) is 15.1. The molecule has 0 fully saturated rings. The summed E-state index contributed by atoms with van der Waals surface area (Å²) in [5.74, 6) is -0.663. The highest BCUT2D eigenvalue weighted by Gasteiger charge is 2.36. The van der Waals surface area contributed by atoms with Gasteiger partial charge in [-0.05, 0) is 82.0 Å². The Morgan fingerprint density at radius 1 is 0.974 bits per heavy atom. The molecular formula is C31H32N4O3S. The van der Waals surface area contributed by atoms with Crippen LogP contribution in [0.4, 0.5) is 11.4 Å². The zero-order chi connectivity index (χ0) is 28.3. The minimum atomic E-state index is -0.720. The lowest BCUT2D eigenvalue weighted by atomic mass is 9.85. The summed E-state index contributed by atoms with van der Waals surface area (Å²) in [6.07, 6.45) is 1.52. The number of nitrogens with one attached hydrogen (secondary N) is 3. The fourth-order valence-corrected chi connectivity index (χ4v) is 5.71. The van der Waals surface area contributed by atoms with Crippen LogP contribution in [0.25, 0.3) is 0 Å². The summed E-state index contributed by atoms with van der Waals surface area (Å²) in [6, 6.07) is 15.7. The van der Waals surface area contributed by atoms with Gasteiger partial charge in [0.25, 0.3) is 5.91 Å². The van der Waals surface area contributed by atoms with E-state index in [-0.39, 0.29) is 17.6 Å². The number of carbonyl (C=O) groups is 2. The monoisotopic (exact) mass is 540 g/mol.